The van der Waals surface area contributed by atoms with Crippen LogP contribution in [-0.4, -0.2) is 36.4 Å². The summed E-state index contributed by atoms with van der Waals surface area (Å²) in [5.41, 5.74) is -0.435. The Morgan fingerprint density at radius 1 is 1.56 bits per heavy atom. The molecule has 1 fully saturated rings. The SMILES string of the molecule is CC1(NC(=O)c2ncccc2Br)CCS(=O)(=O)C1. The van der Waals surface area contributed by atoms with E-state index in [1.54, 1.807) is 19.1 Å². The van der Waals surface area contributed by atoms with Gasteiger partial charge in [-0.2, -0.15) is 0 Å². The normalized spacial score (nSPS) is 25.9. The number of amides is 1. The third-order valence-electron chi connectivity index (χ3n) is 2.89. The molecular weight excluding hydrogens is 320 g/mol. The lowest BCUT2D eigenvalue weighted by molar-refractivity contribution is 0.0909. The van der Waals surface area contributed by atoms with Crippen LogP contribution in [0, 0.1) is 0 Å². The molecule has 1 saturated heterocycles. The van der Waals surface area contributed by atoms with E-state index >= 15 is 0 Å². The molecule has 0 spiro atoms. The van der Waals surface area contributed by atoms with E-state index in [1.807, 2.05) is 0 Å². The molecule has 0 saturated carbocycles. The Kier molecular flexibility index (Phi) is 3.46. The molecule has 1 N–H and O–H groups in total. The minimum Gasteiger partial charge on any atom is -0.344 e. The Hall–Kier alpha value is -0.950. The maximum atomic E-state index is 12.0. The first-order valence-electron chi connectivity index (χ1n) is 5.45. The molecule has 1 aliphatic rings. The molecular formula is C11H13BrN2O3S. The number of sulfone groups is 1. The Morgan fingerprint density at radius 3 is 2.83 bits per heavy atom. The third-order valence-corrected chi connectivity index (χ3v) is 5.44. The predicted molar refractivity (Wildman–Crippen MR) is 71.1 cm³/mol. The van der Waals surface area contributed by atoms with Crippen molar-refractivity contribution >= 4 is 31.7 Å². The lowest BCUT2D eigenvalue weighted by atomic mass is 10.0. The van der Waals surface area contributed by atoms with Gasteiger partial charge in [0.05, 0.1) is 17.0 Å². The zero-order chi connectivity index (χ0) is 13.4. The summed E-state index contributed by atoms with van der Waals surface area (Å²) >= 11 is 3.24. The zero-order valence-corrected chi connectivity index (χ0v) is 12.2. The van der Waals surface area contributed by atoms with Gasteiger partial charge in [0, 0.05) is 10.7 Å². The van der Waals surface area contributed by atoms with Crippen molar-refractivity contribution in [2.24, 2.45) is 0 Å². The predicted octanol–water partition coefficient (Wildman–Crippen LogP) is 1.15. The maximum absolute atomic E-state index is 12.0. The monoisotopic (exact) mass is 332 g/mol. The highest BCUT2D eigenvalue weighted by molar-refractivity contribution is 9.10. The van der Waals surface area contributed by atoms with Crippen molar-refractivity contribution in [1.29, 1.82) is 0 Å². The molecule has 2 heterocycles. The molecule has 1 aromatic heterocycles. The van der Waals surface area contributed by atoms with Crippen LogP contribution in [-0.2, 0) is 9.84 Å². The highest BCUT2D eigenvalue weighted by Crippen LogP contribution is 2.24. The van der Waals surface area contributed by atoms with Gasteiger partial charge in [-0.05, 0) is 41.4 Å². The van der Waals surface area contributed by atoms with E-state index < -0.39 is 15.4 Å². The number of halogens is 1. The summed E-state index contributed by atoms with van der Waals surface area (Å²) in [7, 11) is -3.04. The molecule has 0 aromatic carbocycles. The van der Waals surface area contributed by atoms with Crippen LogP contribution < -0.4 is 5.32 Å². The van der Waals surface area contributed by atoms with Crippen LogP contribution in [0.25, 0.3) is 0 Å². The highest BCUT2D eigenvalue weighted by Gasteiger charge is 2.39. The van der Waals surface area contributed by atoms with E-state index in [0.717, 1.165) is 0 Å². The minimum atomic E-state index is -3.04. The van der Waals surface area contributed by atoms with Crippen LogP contribution in [0.15, 0.2) is 22.8 Å². The molecule has 2 rings (SSSR count). The average molecular weight is 333 g/mol. The van der Waals surface area contributed by atoms with Gasteiger partial charge in [0.1, 0.15) is 5.69 Å². The Bertz CT molecular complexity index is 588. The van der Waals surface area contributed by atoms with Crippen LogP contribution >= 0.6 is 15.9 Å². The van der Waals surface area contributed by atoms with Gasteiger partial charge >= 0.3 is 0 Å². The molecule has 1 amide bonds. The van der Waals surface area contributed by atoms with Crippen molar-refractivity contribution in [3.05, 3.63) is 28.5 Å². The summed E-state index contributed by atoms with van der Waals surface area (Å²) in [4.78, 5) is 16.0. The molecule has 1 atom stereocenters. The lowest BCUT2D eigenvalue weighted by Gasteiger charge is -2.23. The van der Waals surface area contributed by atoms with Crippen molar-refractivity contribution in [2.75, 3.05) is 11.5 Å². The second kappa shape index (κ2) is 4.62. The number of pyridine rings is 1. The van der Waals surface area contributed by atoms with Crippen molar-refractivity contribution in [2.45, 2.75) is 18.9 Å². The quantitative estimate of drug-likeness (QED) is 0.881. The summed E-state index contributed by atoms with van der Waals surface area (Å²) in [5, 5.41) is 2.76. The van der Waals surface area contributed by atoms with Crippen LogP contribution in [0.1, 0.15) is 23.8 Å². The summed E-state index contributed by atoms with van der Waals surface area (Å²) in [6, 6.07) is 3.43. The van der Waals surface area contributed by atoms with E-state index in [1.165, 1.54) is 6.20 Å². The number of carbonyl (C=O) groups is 1. The van der Waals surface area contributed by atoms with Crippen molar-refractivity contribution in [1.82, 2.24) is 10.3 Å². The minimum absolute atomic E-state index is 0.0177. The molecule has 0 radical (unpaired) electrons. The standard InChI is InChI=1S/C11H13BrN2O3S/c1-11(4-6-18(16,17)7-11)14-10(15)9-8(12)3-2-5-13-9/h2-3,5H,4,6-7H2,1H3,(H,14,15). The van der Waals surface area contributed by atoms with Gasteiger partial charge in [-0.15, -0.1) is 0 Å². The van der Waals surface area contributed by atoms with E-state index in [-0.39, 0.29) is 23.1 Å². The summed E-state index contributed by atoms with van der Waals surface area (Å²) in [5.74, 6) is -0.259. The van der Waals surface area contributed by atoms with Gasteiger partial charge in [0.2, 0.25) is 0 Å². The van der Waals surface area contributed by atoms with Gasteiger partial charge in [-0.1, -0.05) is 0 Å². The fourth-order valence-corrected chi connectivity index (χ4v) is 4.52. The number of nitrogens with zero attached hydrogens (tertiary/aromatic N) is 1. The molecule has 18 heavy (non-hydrogen) atoms. The molecule has 1 aliphatic heterocycles. The number of hydrogen-bond acceptors (Lipinski definition) is 4. The van der Waals surface area contributed by atoms with Crippen molar-refractivity contribution < 1.29 is 13.2 Å². The van der Waals surface area contributed by atoms with Crippen LogP contribution in [0.5, 0.6) is 0 Å². The second-order valence-corrected chi connectivity index (χ2v) is 7.73. The first kappa shape index (κ1) is 13.5. The van der Waals surface area contributed by atoms with E-state index in [0.29, 0.717) is 10.9 Å². The zero-order valence-electron chi connectivity index (χ0n) is 9.81. The molecule has 5 nitrogen and oxygen atoms in total. The number of rotatable bonds is 2. The van der Waals surface area contributed by atoms with Gasteiger partial charge in [0.25, 0.3) is 5.91 Å². The Morgan fingerprint density at radius 2 is 2.28 bits per heavy atom. The Balaban J connectivity index is 2.16. The van der Waals surface area contributed by atoms with E-state index in [9.17, 15) is 13.2 Å². The summed E-state index contributed by atoms with van der Waals surface area (Å²) in [6.07, 6.45) is 1.96. The number of carbonyl (C=O) groups excluding carboxylic acids is 1. The maximum Gasteiger partial charge on any atom is 0.271 e. The molecule has 98 valence electrons. The van der Waals surface area contributed by atoms with Crippen LogP contribution in [0.2, 0.25) is 0 Å². The number of nitrogens with one attached hydrogen (secondary N) is 1. The van der Waals surface area contributed by atoms with Crippen molar-refractivity contribution in [3.8, 4) is 0 Å². The second-order valence-electron chi connectivity index (χ2n) is 4.69. The number of aromatic nitrogens is 1. The first-order chi connectivity index (χ1) is 8.31. The largest absolute Gasteiger partial charge is 0.344 e. The lowest BCUT2D eigenvalue weighted by Crippen LogP contribution is -2.47. The number of hydrogen-bond donors (Lipinski definition) is 1. The molecule has 0 aliphatic carbocycles. The fourth-order valence-electron chi connectivity index (χ4n) is 2.00. The molecule has 1 unspecified atom stereocenters. The summed E-state index contributed by atoms with van der Waals surface area (Å²) in [6.45, 7) is 1.74. The van der Waals surface area contributed by atoms with Crippen LogP contribution in [0.3, 0.4) is 0 Å². The van der Waals surface area contributed by atoms with Crippen LogP contribution in [0.4, 0.5) is 0 Å². The van der Waals surface area contributed by atoms with Gasteiger partial charge in [-0.25, -0.2) is 13.4 Å². The fraction of sp³-hybridized carbons (Fsp3) is 0.455. The third kappa shape index (κ3) is 2.89. The first-order valence-corrected chi connectivity index (χ1v) is 8.06. The van der Waals surface area contributed by atoms with Crippen molar-refractivity contribution in [3.63, 3.8) is 0 Å². The van der Waals surface area contributed by atoms with Gasteiger partial charge in [0.15, 0.2) is 9.84 Å². The topological polar surface area (TPSA) is 76.1 Å². The molecule has 7 heteroatoms. The van der Waals surface area contributed by atoms with E-state index in [2.05, 4.69) is 26.2 Å². The van der Waals surface area contributed by atoms with Gasteiger partial charge < -0.3 is 5.32 Å². The highest BCUT2D eigenvalue weighted by atomic mass is 79.9. The molecule has 1 aromatic rings. The molecule has 0 bridgehead atoms. The summed E-state index contributed by atoms with van der Waals surface area (Å²) < 4.78 is 23.5. The smallest absolute Gasteiger partial charge is 0.271 e. The van der Waals surface area contributed by atoms with E-state index in [4.69, 9.17) is 0 Å². The average Bonchev–Trinajstić information content (AvgIpc) is 2.53. The Labute approximate surface area is 114 Å². The van der Waals surface area contributed by atoms with Gasteiger partial charge in [-0.3, -0.25) is 4.79 Å².